The Morgan fingerprint density at radius 1 is 1.40 bits per heavy atom. The second kappa shape index (κ2) is 7.08. The Labute approximate surface area is 149 Å². The fourth-order valence-electron chi connectivity index (χ4n) is 2.79. The molecule has 3 N–H and O–H groups in total. The van der Waals surface area contributed by atoms with Crippen molar-refractivity contribution >= 4 is 34.5 Å². The number of benzene rings is 1. The number of hydroxylamine groups is 1. The van der Waals surface area contributed by atoms with E-state index >= 15 is 0 Å². The van der Waals surface area contributed by atoms with Crippen molar-refractivity contribution in [3.63, 3.8) is 0 Å². The minimum Gasteiger partial charge on any atom is -0.357 e. The second-order valence-electron chi connectivity index (χ2n) is 6.08. The van der Waals surface area contributed by atoms with Gasteiger partial charge in [0.2, 0.25) is 0 Å². The van der Waals surface area contributed by atoms with E-state index in [-0.39, 0.29) is 12.0 Å². The van der Waals surface area contributed by atoms with Gasteiger partial charge in [-0.25, -0.2) is 10.2 Å². The number of amides is 1. The number of nitrogens with zero attached hydrogens (tertiary/aromatic N) is 3. The van der Waals surface area contributed by atoms with Gasteiger partial charge >= 0.3 is 0 Å². The molecule has 130 valence electrons. The molecule has 2 heterocycles. The highest BCUT2D eigenvalue weighted by molar-refractivity contribution is 6.31. The number of carbonyl (C=O) groups is 1. The maximum absolute atomic E-state index is 11.1. The Balaban J connectivity index is 1.94. The van der Waals surface area contributed by atoms with Crippen molar-refractivity contribution in [2.75, 3.05) is 0 Å². The molecule has 0 radical (unpaired) electrons. The first-order chi connectivity index (χ1) is 12.0. The van der Waals surface area contributed by atoms with Crippen LogP contribution in [0, 0.1) is 5.92 Å². The third-order valence-electron chi connectivity index (χ3n) is 3.88. The number of halogens is 1. The molecule has 1 aromatic carbocycles. The van der Waals surface area contributed by atoms with E-state index in [2.05, 4.69) is 35.2 Å². The Hall–Kier alpha value is -2.64. The highest BCUT2D eigenvalue weighted by atomic mass is 35.5. The molecule has 8 heteroatoms. The summed E-state index contributed by atoms with van der Waals surface area (Å²) in [6.45, 7) is 4.19. The topological polar surface area (TPSA) is 95.8 Å². The van der Waals surface area contributed by atoms with Gasteiger partial charge in [0.1, 0.15) is 5.69 Å². The Morgan fingerprint density at radius 3 is 2.92 bits per heavy atom. The molecule has 0 spiro atoms. The van der Waals surface area contributed by atoms with Crippen LogP contribution in [-0.2, 0) is 4.79 Å². The number of hydrogen-bond acceptors (Lipinski definition) is 4. The van der Waals surface area contributed by atoms with Crippen LogP contribution in [0.4, 0.5) is 0 Å². The molecule has 0 aliphatic rings. The van der Waals surface area contributed by atoms with Crippen LogP contribution in [-0.4, -0.2) is 31.1 Å². The number of H-pyrrole nitrogens is 1. The van der Waals surface area contributed by atoms with Crippen molar-refractivity contribution in [2.45, 2.75) is 19.9 Å². The minimum absolute atomic E-state index is 0.0486. The van der Waals surface area contributed by atoms with Gasteiger partial charge in [0.25, 0.3) is 5.91 Å². The lowest BCUT2D eigenvalue weighted by molar-refractivity contribution is -0.124. The summed E-state index contributed by atoms with van der Waals surface area (Å²) < 4.78 is 1.76. The zero-order valence-corrected chi connectivity index (χ0v) is 14.5. The van der Waals surface area contributed by atoms with Gasteiger partial charge in [0.05, 0.1) is 12.2 Å². The molecule has 0 bridgehead atoms. The fraction of sp³-hybridized carbons (Fsp3) is 0.235. The van der Waals surface area contributed by atoms with Crippen LogP contribution >= 0.6 is 11.6 Å². The van der Waals surface area contributed by atoms with E-state index in [1.165, 1.54) is 17.6 Å². The van der Waals surface area contributed by atoms with Crippen molar-refractivity contribution in [3.8, 4) is 0 Å². The third kappa shape index (κ3) is 3.72. The van der Waals surface area contributed by atoms with Gasteiger partial charge in [-0.05, 0) is 36.3 Å². The van der Waals surface area contributed by atoms with Crippen LogP contribution in [0.1, 0.15) is 31.3 Å². The van der Waals surface area contributed by atoms with Gasteiger partial charge < -0.3 is 4.98 Å². The summed E-state index contributed by atoms with van der Waals surface area (Å²) in [5.74, 6) is -0.370. The highest BCUT2D eigenvalue weighted by Crippen LogP contribution is 2.29. The molecule has 3 aromatic rings. The molecule has 1 amide bonds. The van der Waals surface area contributed by atoms with Gasteiger partial charge in [0.15, 0.2) is 0 Å². The third-order valence-corrected chi connectivity index (χ3v) is 4.12. The molecule has 3 rings (SSSR count). The summed E-state index contributed by atoms with van der Waals surface area (Å²) in [7, 11) is 0. The molecule has 1 unspecified atom stereocenters. The first-order valence-corrected chi connectivity index (χ1v) is 8.18. The van der Waals surface area contributed by atoms with Crippen LogP contribution in [0.15, 0.2) is 36.5 Å². The average molecular weight is 360 g/mol. The molecule has 0 aliphatic carbocycles. The smallest absolute Gasteiger partial charge is 0.267 e. The van der Waals surface area contributed by atoms with E-state index in [9.17, 15) is 4.79 Å². The maximum atomic E-state index is 11.1. The molecular weight excluding hydrogens is 342 g/mol. The monoisotopic (exact) mass is 359 g/mol. The largest absolute Gasteiger partial charge is 0.357 e. The van der Waals surface area contributed by atoms with E-state index in [0.717, 1.165) is 16.6 Å². The predicted octanol–water partition coefficient (Wildman–Crippen LogP) is 3.18. The molecule has 0 saturated carbocycles. The van der Waals surface area contributed by atoms with Crippen LogP contribution < -0.4 is 5.48 Å². The van der Waals surface area contributed by atoms with Crippen LogP contribution in [0.2, 0.25) is 5.02 Å². The van der Waals surface area contributed by atoms with E-state index in [1.54, 1.807) is 10.9 Å². The van der Waals surface area contributed by atoms with E-state index < -0.39 is 5.91 Å². The highest BCUT2D eigenvalue weighted by Gasteiger charge is 2.21. The molecule has 0 fully saturated rings. The number of rotatable bonds is 5. The first kappa shape index (κ1) is 17.2. The molecule has 7 nitrogen and oxygen atoms in total. The Kier molecular flexibility index (Phi) is 4.87. The molecule has 25 heavy (non-hydrogen) atoms. The molecule has 0 saturated heterocycles. The number of carbonyl (C=O) groups excluding carboxylic acids is 1. The van der Waals surface area contributed by atoms with Crippen molar-refractivity contribution < 1.29 is 10.0 Å². The average Bonchev–Trinajstić information content (AvgIpc) is 3.19. The van der Waals surface area contributed by atoms with Gasteiger partial charge in [-0.15, -0.1) is 5.10 Å². The van der Waals surface area contributed by atoms with Gasteiger partial charge in [0, 0.05) is 27.7 Å². The number of nitrogens with one attached hydrogen (secondary N) is 2. The van der Waals surface area contributed by atoms with Crippen molar-refractivity contribution in [1.29, 1.82) is 0 Å². The lowest BCUT2D eigenvalue weighted by atomic mass is 10.0. The van der Waals surface area contributed by atoms with Gasteiger partial charge in [-0.1, -0.05) is 30.7 Å². The zero-order valence-electron chi connectivity index (χ0n) is 13.8. The number of aromatic nitrogens is 4. The normalized spacial score (nSPS) is 13.0. The summed E-state index contributed by atoms with van der Waals surface area (Å²) in [6, 6.07) is 7.72. The van der Waals surface area contributed by atoms with Crippen LogP contribution in [0.25, 0.3) is 17.0 Å². The Morgan fingerprint density at radius 2 is 2.20 bits per heavy atom. The second-order valence-corrected chi connectivity index (χ2v) is 6.51. The van der Waals surface area contributed by atoms with E-state index in [0.29, 0.717) is 10.7 Å². The Bertz CT molecular complexity index is 928. The van der Waals surface area contributed by atoms with Crippen LogP contribution in [0.5, 0.6) is 0 Å². The van der Waals surface area contributed by atoms with Gasteiger partial charge in [-0.2, -0.15) is 0 Å². The minimum atomic E-state index is -0.623. The summed E-state index contributed by atoms with van der Waals surface area (Å²) in [5, 5.41) is 18.5. The number of fused-ring (bicyclic) bond motifs is 1. The van der Waals surface area contributed by atoms with Crippen LogP contribution in [0.3, 0.4) is 0 Å². The van der Waals surface area contributed by atoms with Crippen molar-refractivity contribution in [3.05, 3.63) is 52.9 Å². The van der Waals surface area contributed by atoms with E-state index in [4.69, 9.17) is 16.8 Å². The lowest BCUT2D eigenvalue weighted by Gasteiger charge is -2.19. The molecule has 1 atom stereocenters. The first-order valence-electron chi connectivity index (χ1n) is 7.80. The summed E-state index contributed by atoms with van der Waals surface area (Å²) in [5.41, 5.74) is 4.06. The van der Waals surface area contributed by atoms with Crippen molar-refractivity contribution in [2.24, 2.45) is 5.92 Å². The quantitative estimate of drug-likeness (QED) is 0.370. The number of aromatic amines is 1. The molecule has 0 aliphatic heterocycles. The molecular formula is C17H18ClN5O2. The fourth-order valence-corrected chi connectivity index (χ4v) is 2.97. The predicted molar refractivity (Wildman–Crippen MR) is 95.3 cm³/mol. The van der Waals surface area contributed by atoms with E-state index in [1.807, 2.05) is 18.2 Å². The lowest BCUT2D eigenvalue weighted by Crippen LogP contribution is -2.17. The summed E-state index contributed by atoms with van der Waals surface area (Å²) in [6.07, 6.45) is 4.42. The number of hydrogen-bond donors (Lipinski definition) is 3. The SMILES string of the molecule is CC(C)C(c1cc2cc(Cl)ccc2[nH]1)n1cc(C=CC(=O)NO)nn1. The standard InChI is InChI=1S/C17H18ClN5O2/c1-10(2)17(15-8-11-7-12(18)3-5-14(11)19-15)23-9-13(20-22-23)4-6-16(24)21-25/h3-10,17,19,25H,1-2H3,(H,21,24). The van der Waals surface area contributed by atoms with Crippen molar-refractivity contribution in [1.82, 2.24) is 25.5 Å². The van der Waals surface area contributed by atoms with Gasteiger partial charge in [-0.3, -0.25) is 10.0 Å². The summed E-state index contributed by atoms with van der Waals surface area (Å²) in [4.78, 5) is 14.5. The zero-order chi connectivity index (χ0) is 18.0. The molecule has 2 aromatic heterocycles. The summed E-state index contributed by atoms with van der Waals surface area (Å²) >= 11 is 6.06. The maximum Gasteiger partial charge on any atom is 0.267 e.